The molecule has 0 radical (unpaired) electrons. The van der Waals surface area contributed by atoms with Crippen LogP contribution in [0, 0.1) is 0 Å². The number of carbonyl (C=O) groups excluding carboxylic acids is 1. The van der Waals surface area contributed by atoms with E-state index >= 15 is 0 Å². The molecule has 4 rings (SSSR count). The second kappa shape index (κ2) is 10.8. The van der Waals surface area contributed by atoms with E-state index < -0.39 is 0 Å². The zero-order valence-corrected chi connectivity index (χ0v) is 20.5. The van der Waals surface area contributed by atoms with Crippen molar-refractivity contribution in [1.29, 1.82) is 0 Å². The number of hydrogen-bond donors (Lipinski definition) is 1. The van der Waals surface area contributed by atoms with Gasteiger partial charge in [0.2, 0.25) is 5.91 Å². The SMILES string of the molecule is CCOc1cc2occ(-c3ccc(Cl)cc3Cl)c2cc1/C(C)=C/C(=O)NCCc1ccccc1. The summed E-state index contributed by atoms with van der Waals surface area (Å²) in [5.41, 5.74) is 5.13. The average Bonchev–Trinajstić information content (AvgIpc) is 3.22. The molecule has 4 nitrogen and oxygen atoms in total. The van der Waals surface area contributed by atoms with Crippen molar-refractivity contribution in [3.63, 3.8) is 0 Å². The predicted molar refractivity (Wildman–Crippen MR) is 140 cm³/mol. The fourth-order valence-electron chi connectivity index (χ4n) is 3.85. The Bertz CT molecular complexity index is 1340. The molecule has 0 saturated heterocycles. The molecule has 4 aromatic rings. The Morgan fingerprint density at radius 1 is 1.06 bits per heavy atom. The highest BCUT2D eigenvalue weighted by atomic mass is 35.5. The first-order valence-corrected chi connectivity index (χ1v) is 11.9. The Labute approximate surface area is 209 Å². The Balaban J connectivity index is 1.62. The number of fused-ring (bicyclic) bond motifs is 1. The van der Waals surface area contributed by atoms with Crippen LogP contribution in [0.4, 0.5) is 0 Å². The molecule has 6 heteroatoms. The van der Waals surface area contributed by atoms with Gasteiger partial charge in [0.05, 0.1) is 17.9 Å². The number of allylic oxidation sites excluding steroid dienone is 1. The van der Waals surface area contributed by atoms with Gasteiger partial charge in [0.25, 0.3) is 0 Å². The summed E-state index contributed by atoms with van der Waals surface area (Å²) in [6.07, 6.45) is 4.05. The quantitative estimate of drug-likeness (QED) is 0.257. The van der Waals surface area contributed by atoms with E-state index in [2.05, 4.69) is 5.32 Å². The lowest BCUT2D eigenvalue weighted by molar-refractivity contribution is -0.116. The first kappa shape index (κ1) is 23.9. The summed E-state index contributed by atoms with van der Waals surface area (Å²) < 4.78 is 11.7. The van der Waals surface area contributed by atoms with Gasteiger partial charge in [-0.25, -0.2) is 0 Å². The van der Waals surface area contributed by atoms with Gasteiger partial charge in [-0.3, -0.25) is 4.79 Å². The fourth-order valence-corrected chi connectivity index (χ4v) is 4.37. The van der Waals surface area contributed by atoms with Crippen LogP contribution in [-0.4, -0.2) is 19.1 Å². The third-order valence-electron chi connectivity index (χ3n) is 5.53. The summed E-state index contributed by atoms with van der Waals surface area (Å²) in [5.74, 6) is 0.507. The molecule has 0 atom stereocenters. The molecule has 174 valence electrons. The predicted octanol–water partition coefficient (Wildman–Crippen LogP) is 7.57. The summed E-state index contributed by atoms with van der Waals surface area (Å²) >= 11 is 12.5. The third-order valence-corrected chi connectivity index (χ3v) is 6.07. The number of amides is 1. The smallest absolute Gasteiger partial charge is 0.244 e. The zero-order valence-electron chi connectivity index (χ0n) is 19.0. The molecule has 0 aliphatic carbocycles. The maximum absolute atomic E-state index is 12.6. The highest BCUT2D eigenvalue weighted by Gasteiger charge is 2.17. The van der Waals surface area contributed by atoms with Crippen LogP contribution in [-0.2, 0) is 11.2 Å². The van der Waals surface area contributed by atoms with Gasteiger partial charge >= 0.3 is 0 Å². The van der Waals surface area contributed by atoms with Crippen molar-refractivity contribution in [2.75, 3.05) is 13.2 Å². The molecule has 0 aliphatic heterocycles. The Hall–Kier alpha value is -3.21. The lowest BCUT2D eigenvalue weighted by Gasteiger charge is -2.12. The highest BCUT2D eigenvalue weighted by Crippen LogP contribution is 2.40. The summed E-state index contributed by atoms with van der Waals surface area (Å²) in [5, 5.41) is 4.94. The van der Waals surface area contributed by atoms with Gasteiger partial charge in [-0.1, -0.05) is 59.6 Å². The van der Waals surface area contributed by atoms with E-state index in [-0.39, 0.29) is 5.91 Å². The van der Waals surface area contributed by atoms with E-state index in [1.165, 1.54) is 5.56 Å². The molecule has 0 saturated carbocycles. The van der Waals surface area contributed by atoms with Crippen LogP contribution < -0.4 is 10.1 Å². The van der Waals surface area contributed by atoms with Crippen molar-refractivity contribution in [3.8, 4) is 16.9 Å². The van der Waals surface area contributed by atoms with Crippen molar-refractivity contribution in [2.45, 2.75) is 20.3 Å². The van der Waals surface area contributed by atoms with E-state index in [0.29, 0.717) is 34.5 Å². The summed E-state index contributed by atoms with van der Waals surface area (Å²) in [6.45, 7) is 4.87. The van der Waals surface area contributed by atoms with E-state index in [1.807, 2.05) is 62.4 Å². The van der Waals surface area contributed by atoms with Crippen molar-refractivity contribution in [3.05, 3.63) is 94.2 Å². The van der Waals surface area contributed by atoms with Gasteiger partial charge in [0.1, 0.15) is 11.3 Å². The van der Waals surface area contributed by atoms with Gasteiger partial charge in [-0.2, -0.15) is 0 Å². The Kier molecular flexibility index (Phi) is 7.61. The molecule has 0 bridgehead atoms. The molecule has 0 spiro atoms. The highest BCUT2D eigenvalue weighted by molar-refractivity contribution is 6.36. The molecule has 0 unspecified atom stereocenters. The number of ether oxygens (including phenoxy) is 1. The number of furan rings is 1. The van der Waals surface area contributed by atoms with Crippen LogP contribution >= 0.6 is 23.2 Å². The van der Waals surface area contributed by atoms with Crippen LogP contribution in [0.25, 0.3) is 27.7 Å². The normalized spacial score (nSPS) is 11.6. The van der Waals surface area contributed by atoms with Crippen molar-refractivity contribution in [1.82, 2.24) is 5.32 Å². The van der Waals surface area contributed by atoms with Gasteiger partial charge in [-0.15, -0.1) is 0 Å². The molecular formula is C28H25Cl2NO3. The largest absolute Gasteiger partial charge is 0.493 e. The molecule has 1 N–H and O–H groups in total. The van der Waals surface area contributed by atoms with E-state index in [9.17, 15) is 4.79 Å². The van der Waals surface area contributed by atoms with Crippen LogP contribution in [0.2, 0.25) is 10.0 Å². The topological polar surface area (TPSA) is 51.5 Å². The molecule has 34 heavy (non-hydrogen) atoms. The number of benzene rings is 3. The van der Waals surface area contributed by atoms with Gasteiger partial charge in [0, 0.05) is 45.8 Å². The number of carbonyl (C=O) groups is 1. The average molecular weight is 494 g/mol. The van der Waals surface area contributed by atoms with Gasteiger partial charge in [0.15, 0.2) is 0 Å². The maximum Gasteiger partial charge on any atom is 0.244 e. The fraction of sp³-hybridized carbons (Fsp3) is 0.179. The molecule has 1 heterocycles. The second-order valence-electron chi connectivity index (χ2n) is 7.91. The van der Waals surface area contributed by atoms with Gasteiger partial charge in [-0.05, 0) is 49.6 Å². The van der Waals surface area contributed by atoms with Crippen molar-refractivity contribution in [2.24, 2.45) is 0 Å². The monoisotopic (exact) mass is 493 g/mol. The first-order chi connectivity index (χ1) is 16.5. The number of halogens is 2. The standard InChI is InChI=1S/C28H25Cl2NO3/c1-3-33-26-16-27-23(24(17-34-27)21-10-9-20(29)14-25(21)30)15-22(26)18(2)13-28(32)31-12-11-19-7-5-4-6-8-19/h4-10,13-17H,3,11-12H2,1-2H3,(H,31,32)/b18-13+. The van der Waals surface area contributed by atoms with Crippen LogP contribution in [0.15, 0.2) is 77.4 Å². The zero-order chi connectivity index (χ0) is 24.1. The molecular weight excluding hydrogens is 469 g/mol. The minimum absolute atomic E-state index is 0.149. The van der Waals surface area contributed by atoms with Crippen LogP contribution in [0.1, 0.15) is 25.0 Å². The Morgan fingerprint density at radius 2 is 1.85 bits per heavy atom. The van der Waals surface area contributed by atoms with E-state index in [0.717, 1.165) is 34.1 Å². The summed E-state index contributed by atoms with van der Waals surface area (Å²) in [7, 11) is 0. The Morgan fingerprint density at radius 3 is 2.59 bits per heavy atom. The number of hydrogen-bond acceptors (Lipinski definition) is 3. The van der Waals surface area contributed by atoms with Crippen LogP contribution in [0.3, 0.4) is 0 Å². The summed E-state index contributed by atoms with van der Waals surface area (Å²) in [4.78, 5) is 12.6. The lowest BCUT2D eigenvalue weighted by Crippen LogP contribution is -2.23. The third kappa shape index (κ3) is 5.46. The first-order valence-electron chi connectivity index (χ1n) is 11.1. The van der Waals surface area contributed by atoms with Gasteiger partial charge < -0.3 is 14.5 Å². The van der Waals surface area contributed by atoms with E-state index in [4.69, 9.17) is 32.4 Å². The second-order valence-corrected chi connectivity index (χ2v) is 8.75. The molecule has 1 aromatic heterocycles. The molecule has 0 fully saturated rings. The minimum Gasteiger partial charge on any atom is -0.493 e. The van der Waals surface area contributed by atoms with Crippen molar-refractivity contribution < 1.29 is 13.9 Å². The number of nitrogens with one attached hydrogen (secondary N) is 1. The molecule has 1 amide bonds. The minimum atomic E-state index is -0.149. The summed E-state index contributed by atoms with van der Waals surface area (Å²) in [6, 6.07) is 19.3. The van der Waals surface area contributed by atoms with E-state index in [1.54, 1.807) is 24.5 Å². The van der Waals surface area contributed by atoms with Crippen molar-refractivity contribution >= 4 is 45.7 Å². The maximum atomic E-state index is 12.6. The molecule has 3 aromatic carbocycles. The number of rotatable bonds is 8. The van der Waals surface area contributed by atoms with Crippen LogP contribution in [0.5, 0.6) is 5.75 Å². The molecule has 0 aliphatic rings. The lowest BCUT2D eigenvalue weighted by atomic mass is 9.99.